The second-order valence-electron chi connectivity index (χ2n) is 7.47. The van der Waals surface area contributed by atoms with Crippen molar-refractivity contribution in [2.45, 2.75) is 53.4 Å². The van der Waals surface area contributed by atoms with E-state index in [-0.39, 0.29) is 11.4 Å². The van der Waals surface area contributed by atoms with Crippen molar-refractivity contribution >= 4 is 5.69 Å². The maximum absolute atomic E-state index is 14.5. The van der Waals surface area contributed by atoms with Crippen LogP contribution in [0.1, 0.15) is 51.0 Å². The fraction of sp³-hybridized carbons (Fsp3) is 0.478. The van der Waals surface area contributed by atoms with Gasteiger partial charge in [0.25, 0.3) is 5.56 Å². The number of nitrogens with zero attached hydrogens (tertiary/aromatic N) is 2. The number of aryl methyl sites for hydroxylation is 2. The number of nitrogens with one attached hydrogen (secondary N) is 1. The molecule has 0 bridgehead atoms. The summed E-state index contributed by atoms with van der Waals surface area (Å²) in [5.41, 5.74) is 3.09. The smallest absolute Gasteiger partial charge is 0.258 e. The normalized spacial score (nSPS) is 19.8. The van der Waals surface area contributed by atoms with Crippen molar-refractivity contribution in [2.75, 3.05) is 11.9 Å². The van der Waals surface area contributed by atoms with Crippen LogP contribution < -0.4 is 10.9 Å². The first-order valence-corrected chi connectivity index (χ1v) is 10.3. The molecule has 4 rings (SSSR count). The van der Waals surface area contributed by atoms with Gasteiger partial charge >= 0.3 is 0 Å². The SMILES string of the molecule is CC.Cc1cc(=O)n(-c2ccc(NCCC3C=C4CCC4C3)c(F)c2)c(C)n1. The molecule has 4 nitrogen and oxygen atoms in total. The molecule has 1 N–H and O–H groups in total. The largest absolute Gasteiger partial charge is 0.383 e. The molecule has 2 atom stereocenters. The molecule has 0 spiro atoms. The molecule has 1 aromatic carbocycles. The monoisotopic (exact) mass is 383 g/mol. The highest BCUT2D eigenvalue weighted by molar-refractivity contribution is 5.50. The van der Waals surface area contributed by atoms with Crippen LogP contribution in [-0.2, 0) is 0 Å². The highest BCUT2D eigenvalue weighted by atomic mass is 19.1. The third-order valence-corrected chi connectivity index (χ3v) is 5.60. The van der Waals surface area contributed by atoms with E-state index in [9.17, 15) is 9.18 Å². The highest BCUT2D eigenvalue weighted by Crippen LogP contribution is 2.45. The van der Waals surface area contributed by atoms with Gasteiger partial charge in [0.2, 0.25) is 0 Å². The van der Waals surface area contributed by atoms with Gasteiger partial charge in [-0.1, -0.05) is 25.5 Å². The zero-order valence-electron chi connectivity index (χ0n) is 17.3. The Labute approximate surface area is 166 Å². The molecule has 5 heteroatoms. The average molecular weight is 384 g/mol. The lowest BCUT2D eigenvalue weighted by molar-refractivity contribution is 0.407. The van der Waals surface area contributed by atoms with E-state index >= 15 is 0 Å². The van der Waals surface area contributed by atoms with Crippen LogP contribution in [0.15, 0.2) is 40.7 Å². The van der Waals surface area contributed by atoms with Gasteiger partial charge < -0.3 is 5.32 Å². The zero-order valence-corrected chi connectivity index (χ0v) is 17.3. The van der Waals surface area contributed by atoms with Gasteiger partial charge in [-0.15, -0.1) is 0 Å². The Morgan fingerprint density at radius 1 is 1.25 bits per heavy atom. The van der Waals surface area contributed by atoms with Crippen LogP contribution >= 0.6 is 0 Å². The average Bonchev–Trinajstić information content (AvgIpc) is 2.92. The molecule has 2 aromatic rings. The van der Waals surface area contributed by atoms with Gasteiger partial charge in [0, 0.05) is 24.4 Å². The second kappa shape index (κ2) is 8.72. The van der Waals surface area contributed by atoms with Gasteiger partial charge in [-0.25, -0.2) is 9.37 Å². The van der Waals surface area contributed by atoms with Gasteiger partial charge in [0.05, 0.1) is 11.4 Å². The minimum absolute atomic E-state index is 0.195. The quantitative estimate of drug-likeness (QED) is 0.724. The number of allylic oxidation sites excluding steroid dienone is 2. The molecular formula is C23H30FN3O. The maximum Gasteiger partial charge on any atom is 0.258 e. The van der Waals surface area contributed by atoms with Crippen LogP contribution in [0.4, 0.5) is 10.1 Å². The van der Waals surface area contributed by atoms with E-state index in [1.165, 1.54) is 36.0 Å². The Bertz CT molecular complexity index is 932. The summed E-state index contributed by atoms with van der Waals surface area (Å²) in [6.45, 7) is 8.28. The lowest BCUT2D eigenvalue weighted by Crippen LogP contribution is -2.22. The molecule has 1 aromatic heterocycles. The summed E-state index contributed by atoms with van der Waals surface area (Å²) in [5.74, 6) is 1.67. The number of halogens is 1. The van der Waals surface area contributed by atoms with Crippen molar-refractivity contribution in [3.63, 3.8) is 0 Å². The van der Waals surface area contributed by atoms with E-state index in [4.69, 9.17) is 0 Å². The van der Waals surface area contributed by atoms with E-state index in [2.05, 4.69) is 16.4 Å². The van der Waals surface area contributed by atoms with Gasteiger partial charge in [0.15, 0.2) is 0 Å². The molecule has 2 aliphatic carbocycles. The number of benzene rings is 1. The fourth-order valence-electron chi connectivity index (χ4n) is 4.17. The summed E-state index contributed by atoms with van der Waals surface area (Å²) >= 11 is 0. The lowest BCUT2D eigenvalue weighted by atomic mass is 9.81. The molecule has 1 fully saturated rings. The van der Waals surface area contributed by atoms with E-state index in [0.717, 1.165) is 18.9 Å². The predicted molar refractivity (Wildman–Crippen MR) is 113 cm³/mol. The molecule has 2 aliphatic rings. The number of aromatic nitrogens is 2. The summed E-state index contributed by atoms with van der Waals surface area (Å²) < 4.78 is 15.9. The lowest BCUT2D eigenvalue weighted by Gasteiger charge is -2.24. The number of anilines is 1. The van der Waals surface area contributed by atoms with Gasteiger partial charge in [-0.3, -0.25) is 9.36 Å². The number of hydrogen-bond acceptors (Lipinski definition) is 3. The Hall–Kier alpha value is -2.43. The first-order valence-electron chi connectivity index (χ1n) is 10.3. The number of rotatable bonds is 5. The summed E-state index contributed by atoms with van der Waals surface area (Å²) in [6, 6.07) is 6.31. The van der Waals surface area contributed by atoms with Crippen molar-refractivity contribution in [3.05, 3.63) is 63.6 Å². The van der Waals surface area contributed by atoms with E-state index in [1.807, 2.05) is 13.8 Å². The molecule has 28 heavy (non-hydrogen) atoms. The highest BCUT2D eigenvalue weighted by Gasteiger charge is 2.32. The Kier molecular flexibility index (Phi) is 6.32. The van der Waals surface area contributed by atoms with Crippen LogP contribution in [-0.4, -0.2) is 16.1 Å². The number of hydrogen-bond donors (Lipinski definition) is 1. The summed E-state index contributed by atoms with van der Waals surface area (Å²) in [4.78, 5) is 16.5. The molecule has 0 amide bonds. The Morgan fingerprint density at radius 2 is 2.04 bits per heavy atom. The van der Waals surface area contributed by atoms with E-state index in [1.54, 1.807) is 31.6 Å². The Balaban J connectivity index is 0.00000109. The third kappa shape index (κ3) is 4.18. The van der Waals surface area contributed by atoms with Crippen LogP contribution in [0.25, 0.3) is 5.69 Å². The predicted octanol–water partition coefficient (Wildman–Crippen LogP) is 5.17. The van der Waals surface area contributed by atoms with E-state index in [0.29, 0.717) is 28.8 Å². The zero-order chi connectivity index (χ0) is 20.3. The van der Waals surface area contributed by atoms with Gasteiger partial charge in [-0.2, -0.15) is 0 Å². The molecule has 2 unspecified atom stereocenters. The summed E-state index contributed by atoms with van der Waals surface area (Å²) in [5, 5.41) is 3.20. The summed E-state index contributed by atoms with van der Waals surface area (Å²) in [6.07, 6.45) is 7.34. The van der Waals surface area contributed by atoms with Gasteiger partial charge in [-0.05, 0) is 63.5 Å². The topological polar surface area (TPSA) is 46.9 Å². The van der Waals surface area contributed by atoms with Crippen LogP contribution in [0, 0.1) is 31.5 Å². The van der Waals surface area contributed by atoms with Crippen molar-refractivity contribution < 1.29 is 4.39 Å². The first-order chi connectivity index (χ1) is 13.5. The van der Waals surface area contributed by atoms with Crippen LogP contribution in [0.2, 0.25) is 0 Å². The fourth-order valence-corrected chi connectivity index (χ4v) is 4.17. The van der Waals surface area contributed by atoms with Gasteiger partial charge in [0.1, 0.15) is 11.6 Å². The van der Waals surface area contributed by atoms with Crippen molar-refractivity contribution in [2.24, 2.45) is 11.8 Å². The minimum Gasteiger partial charge on any atom is -0.383 e. The van der Waals surface area contributed by atoms with Crippen molar-refractivity contribution in [1.29, 1.82) is 0 Å². The van der Waals surface area contributed by atoms with E-state index < -0.39 is 0 Å². The van der Waals surface area contributed by atoms with Crippen LogP contribution in [0.5, 0.6) is 0 Å². The molecule has 0 saturated heterocycles. The summed E-state index contributed by atoms with van der Waals surface area (Å²) in [7, 11) is 0. The van der Waals surface area contributed by atoms with Crippen molar-refractivity contribution in [3.8, 4) is 5.69 Å². The molecule has 150 valence electrons. The molecule has 1 saturated carbocycles. The molecule has 0 aliphatic heterocycles. The first kappa shape index (κ1) is 20.3. The minimum atomic E-state index is -0.348. The maximum atomic E-state index is 14.5. The third-order valence-electron chi connectivity index (χ3n) is 5.60. The second-order valence-corrected chi connectivity index (χ2v) is 7.47. The molecule has 1 heterocycles. The molecular weight excluding hydrogens is 353 g/mol. The Morgan fingerprint density at radius 3 is 2.61 bits per heavy atom. The molecule has 0 radical (unpaired) electrons. The van der Waals surface area contributed by atoms with Crippen LogP contribution in [0.3, 0.4) is 0 Å². The standard InChI is InChI=1S/C21H24FN3O.C2H6/c1-13-9-21(26)25(14(2)24-13)18-5-6-20(19(22)12-18)23-8-7-15-10-16-3-4-17(16)11-15;1-2/h5-6,9-10,12,15,17,23H,3-4,7-8,11H2,1-2H3;1-2H3. The number of fused-ring (bicyclic) bond motifs is 1. The van der Waals surface area contributed by atoms with Crippen molar-refractivity contribution in [1.82, 2.24) is 9.55 Å².